The van der Waals surface area contributed by atoms with Crippen LogP contribution >= 0.6 is 0 Å². The van der Waals surface area contributed by atoms with Gasteiger partial charge in [-0.25, -0.2) is 4.98 Å². The quantitative estimate of drug-likeness (QED) is 0.514. The first-order valence-corrected chi connectivity index (χ1v) is 8.54. The summed E-state index contributed by atoms with van der Waals surface area (Å²) >= 11 is 0. The van der Waals surface area contributed by atoms with Crippen molar-refractivity contribution in [2.24, 2.45) is 7.05 Å². The number of hydrogen-bond donors (Lipinski definition) is 0. The van der Waals surface area contributed by atoms with Crippen LogP contribution in [-0.2, 0) is 12.5 Å². The molecule has 0 radical (unpaired) electrons. The molecule has 2 nitrogen and oxygen atoms in total. The third-order valence-electron chi connectivity index (χ3n) is 4.75. The summed E-state index contributed by atoms with van der Waals surface area (Å²) in [4.78, 5) is 4.52. The van der Waals surface area contributed by atoms with Gasteiger partial charge in [-0.1, -0.05) is 65.7 Å². The van der Waals surface area contributed by atoms with E-state index < -0.39 is 0 Å². The molecule has 0 aliphatic rings. The van der Waals surface area contributed by atoms with E-state index in [-0.39, 0.29) is 0 Å². The third-order valence-corrected chi connectivity index (χ3v) is 4.75. The highest BCUT2D eigenvalue weighted by atomic mass is 15.1. The summed E-state index contributed by atoms with van der Waals surface area (Å²) in [5, 5.41) is 0. The van der Waals surface area contributed by atoms with Crippen LogP contribution in [0.5, 0.6) is 0 Å². The average molecular weight is 278 g/mol. The standard InChI is InChI=1S/C18H34N2/c1-6-8-10-12-14-18(4,13-11-9-7-2)17-15-19-16(3)20(17)5/h15H,6-14H2,1-5H3. The number of aromatic nitrogens is 2. The third kappa shape index (κ3) is 4.64. The number of imidazole rings is 1. The molecule has 1 aromatic rings. The minimum atomic E-state index is 0.304. The molecule has 1 unspecified atom stereocenters. The smallest absolute Gasteiger partial charge is 0.105 e. The second kappa shape index (κ2) is 8.49. The van der Waals surface area contributed by atoms with Crippen LogP contribution in [-0.4, -0.2) is 9.55 Å². The van der Waals surface area contributed by atoms with E-state index >= 15 is 0 Å². The van der Waals surface area contributed by atoms with Gasteiger partial charge < -0.3 is 4.57 Å². The molecule has 1 heterocycles. The van der Waals surface area contributed by atoms with Gasteiger partial charge in [0, 0.05) is 24.4 Å². The largest absolute Gasteiger partial charge is 0.335 e. The van der Waals surface area contributed by atoms with Crippen molar-refractivity contribution < 1.29 is 0 Å². The van der Waals surface area contributed by atoms with Crippen molar-refractivity contribution in [3.63, 3.8) is 0 Å². The molecule has 116 valence electrons. The van der Waals surface area contributed by atoms with Gasteiger partial charge in [0.05, 0.1) is 0 Å². The first-order chi connectivity index (χ1) is 9.55. The Bertz CT molecular complexity index is 381. The van der Waals surface area contributed by atoms with E-state index in [0.29, 0.717) is 5.41 Å². The predicted molar refractivity (Wildman–Crippen MR) is 88.2 cm³/mol. The summed E-state index contributed by atoms with van der Waals surface area (Å²) in [6, 6.07) is 0. The van der Waals surface area contributed by atoms with Gasteiger partial charge in [0.15, 0.2) is 0 Å². The van der Waals surface area contributed by atoms with Crippen molar-refractivity contribution in [3.8, 4) is 0 Å². The van der Waals surface area contributed by atoms with Gasteiger partial charge in [-0.05, 0) is 19.8 Å². The van der Waals surface area contributed by atoms with Crippen LogP contribution in [0.25, 0.3) is 0 Å². The van der Waals surface area contributed by atoms with Crippen molar-refractivity contribution in [2.75, 3.05) is 0 Å². The monoisotopic (exact) mass is 278 g/mol. The minimum absolute atomic E-state index is 0.304. The number of unbranched alkanes of at least 4 members (excludes halogenated alkanes) is 5. The lowest BCUT2D eigenvalue weighted by atomic mass is 9.77. The molecule has 0 saturated heterocycles. The Hall–Kier alpha value is -0.790. The molecule has 0 spiro atoms. The molecule has 0 fully saturated rings. The molecule has 0 saturated carbocycles. The Balaban J connectivity index is 2.74. The van der Waals surface area contributed by atoms with Crippen molar-refractivity contribution in [3.05, 3.63) is 17.7 Å². The first-order valence-electron chi connectivity index (χ1n) is 8.54. The van der Waals surface area contributed by atoms with E-state index in [4.69, 9.17) is 0 Å². The molecule has 0 aromatic carbocycles. The highest BCUT2D eigenvalue weighted by Crippen LogP contribution is 2.35. The Morgan fingerprint density at radius 2 is 1.55 bits per heavy atom. The fourth-order valence-corrected chi connectivity index (χ4v) is 3.15. The zero-order chi connectivity index (χ0) is 15.0. The van der Waals surface area contributed by atoms with Gasteiger partial charge >= 0.3 is 0 Å². The fourth-order valence-electron chi connectivity index (χ4n) is 3.15. The van der Waals surface area contributed by atoms with Crippen LogP contribution in [0.2, 0.25) is 0 Å². The van der Waals surface area contributed by atoms with Crippen molar-refractivity contribution >= 4 is 0 Å². The summed E-state index contributed by atoms with van der Waals surface area (Å²) in [5.41, 5.74) is 1.74. The SMILES string of the molecule is CCCCCCC(C)(CCCCC)c1cnc(C)n1C. The summed E-state index contributed by atoms with van der Waals surface area (Å²) in [6.45, 7) is 9.12. The van der Waals surface area contributed by atoms with Crippen LogP contribution < -0.4 is 0 Å². The molecule has 1 aromatic heterocycles. The summed E-state index contributed by atoms with van der Waals surface area (Å²) in [5.74, 6) is 1.13. The molecule has 20 heavy (non-hydrogen) atoms. The minimum Gasteiger partial charge on any atom is -0.335 e. The topological polar surface area (TPSA) is 17.8 Å². The molecule has 0 amide bonds. The number of nitrogens with zero attached hydrogens (tertiary/aromatic N) is 2. The molecule has 1 atom stereocenters. The molecular weight excluding hydrogens is 244 g/mol. The van der Waals surface area contributed by atoms with E-state index in [0.717, 1.165) is 5.82 Å². The second-order valence-electron chi connectivity index (χ2n) is 6.58. The first kappa shape index (κ1) is 17.3. The Morgan fingerprint density at radius 1 is 1.00 bits per heavy atom. The predicted octanol–water partition coefficient (Wildman–Crippen LogP) is 5.54. The maximum absolute atomic E-state index is 4.52. The van der Waals surface area contributed by atoms with Gasteiger partial charge in [-0.15, -0.1) is 0 Å². The number of aryl methyl sites for hydroxylation is 1. The van der Waals surface area contributed by atoms with Crippen LogP contribution in [0, 0.1) is 6.92 Å². The van der Waals surface area contributed by atoms with E-state index in [1.807, 2.05) is 0 Å². The highest BCUT2D eigenvalue weighted by Gasteiger charge is 2.29. The Kier molecular flexibility index (Phi) is 7.32. The Labute approximate surface area is 126 Å². The number of rotatable bonds is 10. The van der Waals surface area contributed by atoms with Gasteiger partial charge in [0.1, 0.15) is 5.82 Å². The fraction of sp³-hybridized carbons (Fsp3) is 0.833. The van der Waals surface area contributed by atoms with Gasteiger partial charge in [-0.3, -0.25) is 0 Å². The lowest BCUT2D eigenvalue weighted by molar-refractivity contribution is 0.348. The average Bonchev–Trinajstić information content (AvgIpc) is 2.76. The van der Waals surface area contributed by atoms with Crippen LogP contribution in [0.3, 0.4) is 0 Å². The van der Waals surface area contributed by atoms with E-state index in [2.05, 4.69) is 50.5 Å². The molecule has 2 heteroatoms. The molecular formula is C18H34N2. The number of hydrogen-bond acceptors (Lipinski definition) is 1. The van der Waals surface area contributed by atoms with Crippen molar-refractivity contribution in [1.29, 1.82) is 0 Å². The second-order valence-corrected chi connectivity index (χ2v) is 6.58. The van der Waals surface area contributed by atoms with E-state index in [1.54, 1.807) is 0 Å². The van der Waals surface area contributed by atoms with Gasteiger partial charge in [0.2, 0.25) is 0 Å². The van der Waals surface area contributed by atoms with Gasteiger partial charge in [-0.2, -0.15) is 0 Å². The highest BCUT2D eigenvalue weighted by molar-refractivity contribution is 5.16. The Morgan fingerprint density at radius 3 is 2.05 bits per heavy atom. The lowest BCUT2D eigenvalue weighted by Crippen LogP contribution is -2.25. The van der Waals surface area contributed by atoms with Crippen LogP contribution in [0.1, 0.15) is 90.1 Å². The van der Waals surface area contributed by atoms with E-state index in [9.17, 15) is 0 Å². The van der Waals surface area contributed by atoms with Gasteiger partial charge in [0.25, 0.3) is 0 Å². The molecule has 0 N–H and O–H groups in total. The van der Waals surface area contributed by atoms with Crippen LogP contribution in [0.4, 0.5) is 0 Å². The molecule has 0 aliphatic heterocycles. The van der Waals surface area contributed by atoms with Crippen molar-refractivity contribution in [1.82, 2.24) is 9.55 Å². The van der Waals surface area contributed by atoms with E-state index in [1.165, 1.54) is 63.5 Å². The summed E-state index contributed by atoms with van der Waals surface area (Å²) in [7, 11) is 2.17. The maximum Gasteiger partial charge on any atom is 0.105 e. The molecule has 0 aliphatic carbocycles. The van der Waals surface area contributed by atoms with Crippen LogP contribution in [0.15, 0.2) is 6.20 Å². The lowest BCUT2D eigenvalue weighted by Gasteiger charge is -2.30. The maximum atomic E-state index is 4.52. The van der Waals surface area contributed by atoms with Crippen molar-refractivity contribution in [2.45, 2.75) is 90.9 Å². The zero-order valence-corrected chi connectivity index (χ0v) is 14.3. The zero-order valence-electron chi connectivity index (χ0n) is 14.3. The molecule has 0 bridgehead atoms. The normalized spacial score (nSPS) is 14.4. The summed E-state index contributed by atoms with van der Waals surface area (Å²) in [6.07, 6.45) is 14.1. The summed E-state index contributed by atoms with van der Waals surface area (Å²) < 4.78 is 2.30. The molecule has 1 rings (SSSR count).